The van der Waals surface area contributed by atoms with E-state index in [1.807, 2.05) is 0 Å². The number of nitrogens with one attached hydrogen (secondary N) is 1. The number of amides is 1. The third-order valence-corrected chi connectivity index (χ3v) is 7.21. The van der Waals surface area contributed by atoms with E-state index in [0.29, 0.717) is 32.2 Å². The molecule has 1 aliphatic carbocycles. The molecule has 1 N–H and O–H groups in total. The summed E-state index contributed by atoms with van der Waals surface area (Å²) in [6, 6.07) is 12.0. The Labute approximate surface area is 169 Å². The zero-order chi connectivity index (χ0) is 20.4. The highest BCUT2D eigenvalue weighted by Gasteiger charge is 2.34. The molecule has 1 unspecified atom stereocenters. The molecule has 1 saturated heterocycles. The van der Waals surface area contributed by atoms with Gasteiger partial charge in [0.15, 0.2) is 0 Å². The Balaban J connectivity index is 1.54. The van der Waals surface area contributed by atoms with Crippen LogP contribution in [0.2, 0.25) is 0 Å². The standard InChI is InChI=1S/C21H23FN2O4S/c22-18-8-6-16(7-9-18)20(15-4-5-15)23-21(25)17-2-1-3-19(14-17)29(26,27)24-10-12-28-13-11-24/h1-3,6-9,14-15,20H,4-5,10-13H2,(H,23,25). The van der Waals surface area contributed by atoms with Crippen molar-refractivity contribution in [1.29, 1.82) is 0 Å². The first-order valence-electron chi connectivity index (χ1n) is 9.69. The van der Waals surface area contributed by atoms with Gasteiger partial charge < -0.3 is 10.1 Å². The molecule has 1 atom stereocenters. The van der Waals surface area contributed by atoms with Gasteiger partial charge in [0.1, 0.15) is 5.82 Å². The molecular formula is C21H23FN2O4S. The molecule has 1 saturated carbocycles. The molecule has 6 nitrogen and oxygen atoms in total. The predicted octanol–water partition coefficient (Wildman–Crippen LogP) is 2.73. The van der Waals surface area contributed by atoms with E-state index in [-0.39, 0.29) is 28.2 Å². The maximum Gasteiger partial charge on any atom is 0.251 e. The van der Waals surface area contributed by atoms with Crippen molar-refractivity contribution < 1.29 is 22.3 Å². The summed E-state index contributed by atoms with van der Waals surface area (Å²) in [7, 11) is -3.68. The Morgan fingerprint density at radius 2 is 1.79 bits per heavy atom. The SMILES string of the molecule is O=C(NC(c1ccc(F)cc1)C1CC1)c1cccc(S(=O)(=O)N2CCOCC2)c1. The average Bonchev–Trinajstić information content (AvgIpc) is 3.58. The van der Waals surface area contributed by atoms with E-state index in [4.69, 9.17) is 4.74 Å². The molecule has 0 radical (unpaired) electrons. The third-order valence-electron chi connectivity index (χ3n) is 5.31. The van der Waals surface area contributed by atoms with Crippen LogP contribution in [0.3, 0.4) is 0 Å². The van der Waals surface area contributed by atoms with E-state index in [1.165, 1.54) is 28.6 Å². The maximum atomic E-state index is 13.2. The van der Waals surface area contributed by atoms with Gasteiger partial charge in [0.05, 0.1) is 24.2 Å². The summed E-state index contributed by atoms with van der Waals surface area (Å²) in [5, 5.41) is 3.00. The van der Waals surface area contributed by atoms with Crippen LogP contribution in [0.4, 0.5) is 4.39 Å². The lowest BCUT2D eigenvalue weighted by atomic mass is 10.0. The van der Waals surface area contributed by atoms with Gasteiger partial charge in [0.25, 0.3) is 5.91 Å². The minimum Gasteiger partial charge on any atom is -0.379 e. The first-order valence-corrected chi connectivity index (χ1v) is 11.1. The molecule has 2 fully saturated rings. The number of sulfonamides is 1. The van der Waals surface area contributed by atoms with Crippen molar-refractivity contribution in [2.45, 2.75) is 23.8 Å². The topological polar surface area (TPSA) is 75.7 Å². The van der Waals surface area contributed by atoms with E-state index in [2.05, 4.69) is 5.32 Å². The van der Waals surface area contributed by atoms with Crippen LogP contribution < -0.4 is 5.32 Å². The molecule has 1 amide bonds. The van der Waals surface area contributed by atoms with Gasteiger partial charge in [0, 0.05) is 18.7 Å². The number of hydrogen-bond acceptors (Lipinski definition) is 4. The van der Waals surface area contributed by atoms with Gasteiger partial charge in [-0.15, -0.1) is 0 Å². The number of benzene rings is 2. The fourth-order valence-corrected chi connectivity index (χ4v) is 4.99. The van der Waals surface area contributed by atoms with Crippen molar-refractivity contribution >= 4 is 15.9 Å². The van der Waals surface area contributed by atoms with Gasteiger partial charge in [-0.25, -0.2) is 12.8 Å². The first-order chi connectivity index (χ1) is 13.9. The number of rotatable bonds is 6. The molecule has 154 valence electrons. The number of halogens is 1. The van der Waals surface area contributed by atoms with Gasteiger partial charge in [-0.3, -0.25) is 4.79 Å². The van der Waals surface area contributed by atoms with E-state index < -0.39 is 10.0 Å². The van der Waals surface area contributed by atoms with Crippen LogP contribution >= 0.6 is 0 Å². The molecule has 0 aromatic heterocycles. The summed E-state index contributed by atoms with van der Waals surface area (Å²) in [6.07, 6.45) is 1.99. The largest absolute Gasteiger partial charge is 0.379 e. The second-order valence-corrected chi connectivity index (χ2v) is 9.32. The van der Waals surface area contributed by atoms with Gasteiger partial charge in [-0.05, 0) is 54.7 Å². The summed E-state index contributed by atoms with van der Waals surface area (Å²) < 4.78 is 45.6. The Hall–Kier alpha value is -2.29. The molecule has 0 bridgehead atoms. The van der Waals surface area contributed by atoms with Crippen LogP contribution in [0.25, 0.3) is 0 Å². The smallest absolute Gasteiger partial charge is 0.251 e. The van der Waals surface area contributed by atoms with Crippen molar-refractivity contribution in [3.63, 3.8) is 0 Å². The molecule has 29 heavy (non-hydrogen) atoms. The Morgan fingerprint density at radius 3 is 2.45 bits per heavy atom. The molecule has 1 aliphatic heterocycles. The Bertz CT molecular complexity index is 984. The zero-order valence-corrected chi connectivity index (χ0v) is 16.7. The normalized spacial score (nSPS) is 18.9. The number of hydrogen-bond donors (Lipinski definition) is 1. The molecule has 2 aromatic carbocycles. The maximum absolute atomic E-state index is 13.2. The highest BCUT2D eigenvalue weighted by Crippen LogP contribution is 2.41. The summed E-state index contributed by atoms with van der Waals surface area (Å²) in [5.41, 5.74) is 1.13. The van der Waals surface area contributed by atoms with E-state index in [0.717, 1.165) is 18.4 Å². The highest BCUT2D eigenvalue weighted by atomic mass is 32.2. The molecule has 1 heterocycles. The molecule has 4 rings (SSSR count). The summed E-state index contributed by atoms with van der Waals surface area (Å²) in [6.45, 7) is 1.32. The monoisotopic (exact) mass is 418 g/mol. The lowest BCUT2D eigenvalue weighted by Gasteiger charge is -2.26. The van der Waals surface area contributed by atoms with Crippen molar-refractivity contribution in [2.75, 3.05) is 26.3 Å². The predicted molar refractivity (Wildman–Crippen MR) is 105 cm³/mol. The van der Waals surface area contributed by atoms with Gasteiger partial charge in [-0.1, -0.05) is 18.2 Å². The van der Waals surface area contributed by atoms with E-state index in [9.17, 15) is 17.6 Å². The van der Waals surface area contributed by atoms with Crippen molar-refractivity contribution in [1.82, 2.24) is 9.62 Å². The van der Waals surface area contributed by atoms with Crippen LogP contribution in [0.15, 0.2) is 53.4 Å². The summed E-state index contributed by atoms with van der Waals surface area (Å²) in [5.74, 6) is -0.356. The summed E-state index contributed by atoms with van der Waals surface area (Å²) >= 11 is 0. The number of morpholine rings is 1. The lowest BCUT2D eigenvalue weighted by molar-refractivity contribution is 0.0730. The molecule has 8 heteroatoms. The van der Waals surface area contributed by atoms with E-state index in [1.54, 1.807) is 24.3 Å². The van der Waals surface area contributed by atoms with Crippen LogP contribution in [0.1, 0.15) is 34.8 Å². The number of nitrogens with zero attached hydrogens (tertiary/aromatic N) is 1. The van der Waals surface area contributed by atoms with Crippen LogP contribution in [-0.2, 0) is 14.8 Å². The van der Waals surface area contributed by atoms with Gasteiger partial charge >= 0.3 is 0 Å². The molecule has 2 aliphatic rings. The lowest BCUT2D eigenvalue weighted by Crippen LogP contribution is -2.40. The van der Waals surface area contributed by atoms with Crippen LogP contribution in [0, 0.1) is 11.7 Å². The van der Waals surface area contributed by atoms with Crippen molar-refractivity contribution in [3.05, 3.63) is 65.5 Å². The number of ether oxygens (including phenoxy) is 1. The fraction of sp³-hybridized carbons (Fsp3) is 0.381. The van der Waals surface area contributed by atoms with Gasteiger partial charge in [0.2, 0.25) is 10.0 Å². The molecule has 0 spiro atoms. The zero-order valence-electron chi connectivity index (χ0n) is 15.9. The molecule has 2 aromatic rings. The minimum absolute atomic E-state index is 0.0943. The number of carbonyl (C=O) groups is 1. The average molecular weight is 418 g/mol. The second kappa shape index (κ2) is 8.22. The highest BCUT2D eigenvalue weighted by molar-refractivity contribution is 7.89. The number of carbonyl (C=O) groups excluding carboxylic acids is 1. The van der Waals surface area contributed by atoms with Crippen molar-refractivity contribution in [3.8, 4) is 0 Å². The molecular weight excluding hydrogens is 395 g/mol. The summed E-state index contributed by atoms with van der Waals surface area (Å²) in [4.78, 5) is 13.0. The second-order valence-electron chi connectivity index (χ2n) is 7.38. The first kappa shape index (κ1) is 20.0. The third kappa shape index (κ3) is 4.49. The minimum atomic E-state index is -3.68. The van der Waals surface area contributed by atoms with Crippen molar-refractivity contribution in [2.24, 2.45) is 5.92 Å². The van der Waals surface area contributed by atoms with Crippen LogP contribution in [0.5, 0.6) is 0 Å². The van der Waals surface area contributed by atoms with Crippen LogP contribution in [-0.4, -0.2) is 44.9 Å². The van der Waals surface area contributed by atoms with E-state index >= 15 is 0 Å². The Kier molecular flexibility index (Phi) is 5.67. The fourth-order valence-electron chi connectivity index (χ4n) is 3.53. The quantitative estimate of drug-likeness (QED) is 0.783. The van der Waals surface area contributed by atoms with Gasteiger partial charge in [-0.2, -0.15) is 4.31 Å². The Morgan fingerprint density at radius 1 is 1.10 bits per heavy atom.